The minimum atomic E-state index is 0. The zero-order valence-corrected chi connectivity index (χ0v) is 39.2. The summed E-state index contributed by atoms with van der Waals surface area (Å²) in [5, 5.41) is 0. The molecule has 0 N–H and O–H groups in total. The smallest absolute Gasteiger partial charge is 0.121 e. The molecule has 9 heteroatoms. The first-order valence-corrected chi connectivity index (χ1v) is 22.7. The van der Waals surface area contributed by atoms with Crippen molar-refractivity contribution in [2.45, 2.75) is 84.8 Å². The Balaban J connectivity index is 0.00000620. The number of unbranched alkanes of at least 4 members (excludes halogenated alkanes) is 7. The average Bonchev–Trinajstić information content (AvgIpc) is 3.17. The number of para-hydroxylation sites is 2. The van der Waals surface area contributed by atoms with Crippen LogP contribution in [0.4, 0.5) is 22.7 Å². The molecule has 0 aromatic heterocycles. The van der Waals surface area contributed by atoms with Crippen LogP contribution >= 0.6 is 23.5 Å². The summed E-state index contributed by atoms with van der Waals surface area (Å²) >= 11 is 3.73. The first-order chi connectivity index (χ1) is 26.9. The van der Waals surface area contributed by atoms with Crippen LogP contribution in [-0.4, -0.2) is 90.6 Å². The van der Waals surface area contributed by atoms with Gasteiger partial charge in [-0.05, 0) is 74.2 Å². The van der Waals surface area contributed by atoms with E-state index in [0.717, 1.165) is 33.6 Å². The molecule has 2 aliphatic heterocycles. The number of fused-ring (bicyclic) bond motifs is 4. The Morgan fingerprint density at radius 3 is 1.23 bits per heavy atom. The Morgan fingerprint density at radius 1 is 0.491 bits per heavy atom. The molecule has 310 valence electrons. The molecular formula is C48H68BrN4O2S2+. The number of anilines is 4. The quantitative estimate of drug-likeness (QED) is 0.0613. The van der Waals surface area contributed by atoms with Gasteiger partial charge in [-0.15, -0.1) is 0 Å². The van der Waals surface area contributed by atoms with E-state index in [1.807, 2.05) is 23.5 Å². The highest BCUT2D eigenvalue weighted by Gasteiger charge is 2.29. The summed E-state index contributed by atoms with van der Waals surface area (Å²) < 4.78 is 13.4. The van der Waals surface area contributed by atoms with Crippen molar-refractivity contribution in [3.8, 4) is 11.5 Å². The summed E-state index contributed by atoms with van der Waals surface area (Å²) in [5.41, 5.74) is 5.17. The Hall–Kier alpha value is -2.82. The van der Waals surface area contributed by atoms with Gasteiger partial charge in [-0.3, -0.25) is 0 Å². The third-order valence-corrected chi connectivity index (χ3v) is 13.8. The number of nitrogens with zero attached hydrogens (tertiary/aromatic N) is 4. The van der Waals surface area contributed by atoms with Gasteiger partial charge in [-0.1, -0.05) is 87.3 Å². The monoisotopic (exact) mass is 875 g/mol. The Kier molecular flexibility index (Phi) is 16.6. The number of rotatable bonds is 21. The highest BCUT2D eigenvalue weighted by Crippen LogP contribution is 2.50. The molecule has 6 nitrogen and oxygen atoms in total. The van der Waals surface area contributed by atoms with Crippen LogP contribution < -0.4 is 36.3 Å². The first-order valence-electron chi connectivity index (χ1n) is 21.0. The number of quaternary nitrogens is 2. The second-order valence-corrected chi connectivity index (χ2v) is 19.9. The van der Waals surface area contributed by atoms with Crippen LogP contribution in [0.15, 0.2) is 105 Å². The average molecular weight is 877 g/mol. The largest absolute Gasteiger partial charge is 1.00 e. The van der Waals surface area contributed by atoms with Crippen molar-refractivity contribution in [2.24, 2.45) is 11.8 Å². The molecule has 0 radical (unpaired) electrons. The lowest BCUT2D eigenvalue weighted by molar-refractivity contribution is -0.893. The Bertz CT molecular complexity index is 1750. The van der Waals surface area contributed by atoms with Crippen molar-refractivity contribution in [3.63, 3.8) is 0 Å². The van der Waals surface area contributed by atoms with E-state index in [9.17, 15) is 0 Å². The van der Waals surface area contributed by atoms with E-state index in [1.54, 1.807) is 14.2 Å². The van der Waals surface area contributed by atoms with Crippen LogP contribution in [0.1, 0.15) is 65.2 Å². The fourth-order valence-corrected chi connectivity index (χ4v) is 11.2. The summed E-state index contributed by atoms with van der Waals surface area (Å²) in [6.45, 7) is 11.7. The second kappa shape index (κ2) is 20.9. The van der Waals surface area contributed by atoms with Gasteiger partial charge in [-0.25, -0.2) is 0 Å². The van der Waals surface area contributed by atoms with E-state index in [1.165, 1.54) is 120 Å². The van der Waals surface area contributed by atoms with Gasteiger partial charge in [-0.2, -0.15) is 0 Å². The number of benzene rings is 4. The normalized spacial score (nSPS) is 14.5. The van der Waals surface area contributed by atoms with Crippen LogP contribution in [-0.2, 0) is 0 Å². The lowest BCUT2D eigenvalue weighted by atomic mass is 10.1. The zero-order chi connectivity index (χ0) is 39.7. The number of hydrogen-bond acceptors (Lipinski definition) is 6. The van der Waals surface area contributed by atoms with E-state index < -0.39 is 0 Å². The maximum Gasteiger partial charge on any atom is 0.121 e. The second-order valence-electron chi connectivity index (χ2n) is 17.8. The van der Waals surface area contributed by atoms with E-state index in [0.29, 0.717) is 11.8 Å². The highest BCUT2D eigenvalue weighted by atomic mass is 79.9. The molecule has 4 aromatic rings. The van der Waals surface area contributed by atoms with Gasteiger partial charge in [0, 0.05) is 56.6 Å². The fraction of sp³-hybridized carbons (Fsp3) is 0.500. The number of methoxy groups -OCH3 is 2. The zero-order valence-electron chi connectivity index (χ0n) is 35.9. The van der Waals surface area contributed by atoms with Crippen LogP contribution in [0, 0.1) is 11.8 Å². The molecule has 2 heterocycles. The summed E-state index contributed by atoms with van der Waals surface area (Å²) in [5.74, 6) is 2.96. The van der Waals surface area contributed by atoms with Gasteiger partial charge in [0.05, 0.1) is 91.3 Å². The lowest BCUT2D eigenvalue weighted by Crippen LogP contribution is -3.00. The topological polar surface area (TPSA) is 24.9 Å². The predicted octanol–water partition coefficient (Wildman–Crippen LogP) is 9.16. The third-order valence-electron chi connectivity index (χ3n) is 11.5. The number of hydrogen-bond donors (Lipinski definition) is 0. The van der Waals surface area contributed by atoms with Gasteiger partial charge in [0.25, 0.3) is 0 Å². The predicted molar refractivity (Wildman–Crippen MR) is 240 cm³/mol. The molecule has 0 saturated heterocycles. The van der Waals surface area contributed by atoms with E-state index in [-0.39, 0.29) is 17.0 Å². The fourth-order valence-electron chi connectivity index (χ4n) is 9.01. The summed E-state index contributed by atoms with van der Waals surface area (Å²) in [6.07, 6.45) is 10.8. The van der Waals surface area contributed by atoms with Gasteiger partial charge < -0.3 is 45.2 Å². The maximum absolute atomic E-state index is 5.62. The number of ether oxygens (including phenoxy) is 2. The summed E-state index contributed by atoms with van der Waals surface area (Å²) in [6, 6.07) is 30.7. The van der Waals surface area contributed by atoms with Gasteiger partial charge in [0.2, 0.25) is 0 Å². The van der Waals surface area contributed by atoms with E-state index in [4.69, 9.17) is 9.47 Å². The van der Waals surface area contributed by atoms with E-state index >= 15 is 0 Å². The van der Waals surface area contributed by atoms with Crippen molar-refractivity contribution >= 4 is 46.3 Å². The van der Waals surface area contributed by atoms with Crippen LogP contribution in [0.25, 0.3) is 0 Å². The van der Waals surface area contributed by atoms with Crippen LogP contribution in [0.3, 0.4) is 0 Å². The molecule has 0 fully saturated rings. The van der Waals surface area contributed by atoms with Gasteiger partial charge in [0.15, 0.2) is 0 Å². The maximum atomic E-state index is 5.62. The highest BCUT2D eigenvalue weighted by molar-refractivity contribution is 8.00. The number of halogens is 1. The van der Waals surface area contributed by atoms with Crippen LogP contribution in [0.2, 0.25) is 0 Å². The molecule has 6 rings (SSSR count). The molecule has 0 bridgehead atoms. The SMILES string of the molecule is COc1ccc2c(c1)N(CC(C)C[N+](C)(C)CCCCCCCCCC[N+](C)(C)CC(C)CN1c3ccccc3Sc3ccc(OC)cc31)c1ccccc1S2.[Br-]. The van der Waals surface area contributed by atoms with Crippen molar-refractivity contribution in [1.29, 1.82) is 0 Å². The first kappa shape index (κ1) is 45.3. The van der Waals surface area contributed by atoms with Crippen molar-refractivity contribution in [1.82, 2.24) is 0 Å². The molecular weight excluding hydrogens is 809 g/mol. The third kappa shape index (κ3) is 12.4. The van der Waals surface area contributed by atoms with Crippen LogP contribution in [0.5, 0.6) is 11.5 Å². The van der Waals surface area contributed by atoms with Gasteiger partial charge >= 0.3 is 0 Å². The van der Waals surface area contributed by atoms with Gasteiger partial charge in [0.1, 0.15) is 11.5 Å². The summed E-state index contributed by atoms with van der Waals surface area (Å²) in [7, 11) is 13.2. The molecule has 2 atom stereocenters. The summed E-state index contributed by atoms with van der Waals surface area (Å²) in [4.78, 5) is 10.3. The molecule has 2 unspecified atom stereocenters. The van der Waals surface area contributed by atoms with Crippen molar-refractivity contribution in [3.05, 3.63) is 84.9 Å². The van der Waals surface area contributed by atoms with Crippen molar-refractivity contribution < 1.29 is 35.4 Å². The van der Waals surface area contributed by atoms with Crippen molar-refractivity contribution in [2.75, 3.05) is 91.5 Å². The molecule has 4 aromatic carbocycles. The minimum absolute atomic E-state index is 0. The minimum Gasteiger partial charge on any atom is -1.00 e. The standard InChI is InChI=1S/C48H68N4O2S2.BrH/c1-37(33-49-41-21-15-17-23-45(41)55-47-27-25-39(53-7)31-43(47)49)35-51(3,4)29-19-13-11-9-10-12-14-20-30-52(5,6)36-38(2)34-50-42-22-16-18-24-46(42)56-48-28-26-40(54-8)32-44(48)50;/h15-18,21-28,31-32,37-38H,9-14,19-20,29-30,33-36H2,1-8H3;1H/q+2;/p-1. The molecule has 57 heavy (non-hydrogen) atoms. The Labute approximate surface area is 364 Å². The molecule has 0 saturated carbocycles. The Morgan fingerprint density at radius 2 is 0.842 bits per heavy atom. The van der Waals surface area contributed by atoms with E-state index in [2.05, 4.69) is 137 Å². The molecule has 2 aliphatic rings. The molecule has 0 aliphatic carbocycles. The molecule has 0 spiro atoms. The lowest BCUT2D eigenvalue weighted by Gasteiger charge is -2.37. The molecule has 0 amide bonds.